The second-order valence-electron chi connectivity index (χ2n) is 4.48. The van der Waals surface area contributed by atoms with Crippen LogP contribution in [0.5, 0.6) is 23.0 Å². The van der Waals surface area contributed by atoms with Gasteiger partial charge in [0.15, 0.2) is 11.6 Å². The standard InChI is InChI=1S/C16H17FO4/c1-10(18)14-5-4-6-15(17)16(14)21-13-8-11(19-2)7-12(9-13)20-3/h4-10,18H,1-3H3/t10-/m0/s1. The zero-order valence-electron chi connectivity index (χ0n) is 12.1. The molecular weight excluding hydrogens is 275 g/mol. The van der Waals surface area contributed by atoms with Crippen molar-refractivity contribution in [2.24, 2.45) is 0 Å². The van der Waals surface area contributed by atoms with Crippen molar-refractivity contribution in [3.63, 3.8) is 0 Å². The van der Waals surface area contributed by atoms with Gasteiger partial charge >= 0.3 is 0 Å². The van der Waals surface area contributed by atoms with E-state index in [4.69, 9.17) is 14.2 Å². The fourth-order valence-electron chi connectivity index (χ4n) is 1.92. The zero-order valence-corrected chi connectivity index (χ0v) is 12.1. The molecule has 5 heteroatoms. The van der Waals surface area contributed by atoms with Crippen molar-refractivity contribution in [3.8, 4) is 23.0 Å². The Hall–Kier alpha value is -2.27. The summed E-state index contributed by atoms with van der Waals surface area (Å²) in [6.45, 7) is 1.55. The Balaban J connectivity index is 2.42. The van der Waals surface area contributed by atoms with Crippen LogP contribution in [-0.2, 0) is 0 Å². The summed E-state index contributed by atoms with van der Waals surface area (Å²) in [5, 5.41) is 9.71. The number of para-hydroxylation sites is 1. The van der Waals surface area contributed by atoms with Crippen molar-refractivity contribution in [3.05, 3.63) is 47.8 Å². The molecule has 0 aromatic heterocycles. The van der Waals surface area contributed by atoms with Crippen LogP contribution in [0.2, 0.25) is 0 Å². The van der Waals surface area contributed by atoms with E-state index in [0.717, 1.165) is 0 Å². The molecule has 112 valence electrons. The molecule has 1 N–H and O–H groups in total. The Kier molecular flexibility index (Phi) is 4.65. The van der Waals surface area contributed by atoms with Crippen molar-refractivity contribution < 1.29 is 23.7 Å². The Labute approximate surface area is 122 Å². The minimum Gasteiger partial charge on any atom is -0.496 e. The molecule has 0 bridgehead atoms. The molecule has 0 saturated carbocycles. The molecule has 0 heterocycles. The Morgan fingerprint density at radius 3 is 2.10 bits per heavy atom. The highest BCUT2D eigenvalue weighted by Gasteiger charge is 2.15. The van der Waals surface area contributed by atoms with Crippen LogP contribution in [0.3, 0.4) is 0 Å². The maximum Gasteiger partial charge on any atom is 0.168 e. The van der Waals surface area contributed by atoms with E-state index < -0.39 is 11.9 Å². The van der Waals surface area contributed by atoms with Gasteiger partial charge in [0.2, 0.25) is 0 Å². The molecule has 4 nitrogen and oxygen atoms in total. The van der Waals surface area contributed by atoms with Gasteiger partial charge in [-0.25, -0.2) is 4.39 Å². The summed E-state index contributed by atoms with van der Waals surface area (Å²) in [4.78, 5) is 0. The van der Waals surface area contributed by atoms with Crippen LogP contribution in [0, 0.1) is 5.82 Å². The number of rotatable bonds is 5. The van der Waals surface area contributed by atoms with Crippen LogP contribution >= 0.6 is 0 Å². The summed E-state index contributed by atoms with van der Waals surface area (Å²) in [7, 11) is 3.03. The van der Waals surface area contributed by atoms with E-state index >= 15 is 0 Å². The third kappa shape index (κ3) is 3.44. The van der Waals surface area contributed by atoms with Gasteiger partial charge in [0.05, 0.1) is 20.3 Å². The number of hydrogen-bond acceptors (Lipinski definition) is 4. The average Bonchev–Trinajstić information content (AvgIpc) is 2.48. The lowest BCUT2D eigenvalue weighted by atomic mass is 10.1. The highest BCUT2D eigenvalue weighted by Crippen LogP contribution is 2.35. The number of aliphatic hydroxyl groups is 1. The monoisotopic (exact) mass is 292 g/mol. The molecule has 0 fully saturated rings. The normalized spacial score (nSPS) is 11.9. The third-order valence-electron chi connectivity index (χ3n) is 2.99. The minimum absolute atomic E-state index is 0.0113. The van der Waals surface area contributed by atoms with Crippen LogP contribution in [0.4, 0.5) is 4.39 Å². The number of aliphatic hydroxyl groups excluding tert-OH is 1. The number of halogens is 1. The van der Waals surface area contributed by atoms with E-state index in [-0.39, 0.29) is 5.75 Å². The lowest BCUT2D eigenvalue weighted by Gasteiger charge is -2.15. The van der Waals surface area contributed by atoms with Crippen molar-refractivity contribution >= 4 is 0 Å². The molecule has 0 aliphatic heterocycles. The Morgan fingerprint density at radius 1 is 1.00 bits per heavy atom. The number of hydrogen-bond donors (Lipinski definition) is 1. The first kappa shape index (κ1) is 15.1. The number of methoxy groups -OCH3 is 2. The van der Waals surface area contributed by atoms with E-state index in [2.05, 4.69) is 0 Å². The second-order valence-corrected chi connectivity index (χ2v) is 4.48. The van der Waals surface area contributed by atoms with Crippen LogP contribution < -0.4 is 14.2 Å². The summed E-state index contributed by atoms with van der Waals surface area (Å²) in [6.07, 6.45) is -0.844. The molecule has 2 aromatic carbocycles. The molecule has 0 amide bonds. The predicted octanol–water partition coefficient (Wildman–Crippen LogP) is 3.69. The van der Waals surface area contributed by atoms with Gasteiger partial charge in [-0.2, -0.15) is 0 Å². The van der Waals surface area contributed by atoms with Gasteiger partial charge in [-0.1, -0.05) is 12.1 Å². The number of benzene rings is 2. The van der Waals surface area contributed by atoms with Gasteiger partial charge in [0.1, 0.15) is 17.2 Å². The van der Waals surface area contributed by atoms with Gasteiger partial charge in [-0.3, -0.25) is 0 Å². The Morgan fingerprint density at radius 2 is 1.57 bits per heavy atom. The van der Waals surface area contributed by atoms with E-state index in [9.17, 15) is 9.50 Å². The van der Waals surface area contributed by atoms with Crippen LogP contribution in [0.15, 0.2) is 36.4 Å². The summed E-state index contributed by atoms with van der Waals surface area (Å²) in [6, 6.07) is 9.32. The maximum absolute atomic E-state index is 14.0. The highest BCUT2D eigenvalue weighted by atomic mass is 19.1. The first-order valence-electron chi connectivity index (χ1n) is 6.42. The van der Waals surface area contributed by atoms with Gasteiger partial charge in [0, 0.05) is 23.8 Å². The molecule has 2 rings (SSSR count). The molecule has 0 aliphatic rings. The molecule has 0 saturated heterocycles. The fourth-order valence-corrected chi connectivity index (χ4v) is 1.92. The van der Waals surface area contributed by atoms with Crippen molar-refractivity contribution in [1.82, 2.24) is 0 Å². The van der Waals surface area contributed by atoms with E-state index in [1.54, 1.807) is 31.2 Å². The lowest BCUT2D eigenvalue weighted by Crippen LogP contribution is -1.99. The fraction of sp³-hybridized carbons (Fsp3) is 0.250. The SMILES string of the molecule is COc1cc(OC)cc(Oc2c(F)cccc2[C@H](C)O)c1. The zero-order chi connectivity index (χ0) is 15.4. The van der Waals surface area contributed by atoms with Crippen LogP contribution in [-0.4, -0.2) is 19.3 Å². The smallest absolute Gasteiger partial charge is 0.168 e. The third-order valence-corrected chi connectivity index (χ3v) is 2.99. The first-order valence-corrected chi connectivity index (χ1v) is 6.42. The van der Waals surface area contributed by atoms with Gasteiger partial charge in [0.25, 0.3) is 0 Å². The largest absolute Gasteiger partial charge is 0.496 e. The van der Waals surface area contributed by atoms with Crippen LogP contribution in [0.25, 0.3) is 0 Å². The van der Waals surface area contributed by atoms with E-state index in [1.165, 1.54) is 26.4 Å². The van der Waals surface area contributed by atoms with E-state index in [1.807, 2.05) is 0 Å². The quantitative estimate of drug-likeness (QED) is 0.913. The molecular formula is C16H17FO4. The Bertz CT molecular complexity index is 603. The minimum atomic E-state index is -0.844. The molecule has 0 aliphatic carbocycles. The van der Waals surface area contributed by atoms with Crippen molar-refractivity contribution in [1.29, 1.82) is 0 Å². The predicted molar refractivity (Wildman–Crippen MR) is 76.7 cm³/mol. The summed E-state index contributed by atoms with van der Waals surface area (Å²) in [5.74, 6) is 0.856. The van der Waals surface area contributed by atoms with Gasteiger partial charge in [-0.15, -0.1) is 0 Å². The molecule has 0 unspecified atom stereocenters. The molecule has 0 radical (unpaired) electrons. The first-order chi connectivity index (χ1) is 10.0. The molecule has 21 heavy (non-hydrogen) atoms. The molecule has 2 aromatic rings. The lowest BCUT2D eigenvalue weighted by molar-refractivity contribution is 0.194. The molecule has 0 spiro atoms. The van der Waals surface area contributed by atoms with Crippen molar-refractivity contribution in [2.45, 2.75) is 13.0 Å². The number of ether oxygens (including phenoxy) is 3. The topological polar surface area (TPSA) is 47.9 Å². The second kappa shape index (κ2) is 6.45. The van der Waals surface area contributed by atoms with Gasteiger partial charge in [-0.05, 0) is 13.0 Å². The summed E-state index contributed by atoms with van der Waals surface area (Å²) < 4.78 is 29.8. The highest BCUT2D eigenvalue weighted by molar-refractivity contribution is 5.46. The van der Waals surface area contributed by atoms with E-state index in [0.29, 0.717) is 22.8 Å². The summed E-state index contributed by atoms with van der Waals surface area (Å²) in [5.41, 5.74) is 0.372. The van der Waals surface area contributed by atoms with Crippen LogP contribution in [0.1, 0.15) is 18.6 Å². The van der Waals surface area contributed by atoms with Crippen molar-refractivity contribution in [2.75, 3.05) is 14.2 Å². The maximum atomic E-state index is 14.0. The molecule has 1 atom stereocenters. The van der Waals surface area contributed by atoms with Gasteiger partial charge < -0.3 is 19.3 Å². The summed E-state index contributed by atoms with van der Waals surface area (Å²) >= 11 is 0. The average molecular weight is 292 g/mol.